The molecular formula is C23H28O. The number of fused-ring (bicyclic) bond motifs is 3. The van der Waals surface area contributed by atoms with E-state index in [9.17, 15) is 0 Å². The molecule has 0 heterocycles. The van der Waals surface area contributed by atoms with Crippen LogP contribution in [0.2, 0.25) is 0 Å². The molecule has 3 rings (SSSR count). The van der Waals surface area contributed by atoms with Crippen LogP contribution in [0.3, 0.4) is 0 Å². The van der Waals surface area contributed by atoms with Gasteiger partial charge in [0.2, 0.25) is 0 Å². The third kappa shape index (κ3) is 3.06. The molecule has 0 aromatic heterocycles. The number of ether oxygens (including phenoxy) is 1. The Morgan fingerprint density at radius 1 is 1.12 bits per heavy atom. The Morgan fingerprint density at radius 2 is 1.92 bits per heavy atom. The number of rotatable bonds is 7. The van der Waals surface area contributed by atoms with Crippen molar-refractivity contribution in [1.29, 1.82) is 0 Å². The van der Waals surface area contributed by atoms with Gasteiger partial charge in [0.05, 0.1) is 6.61 Å². The van der Waals surface area contributed by atoms with Gasteiger partial charge in [-0.25, -0.2) is 0 Å². The molecule has 0 bridgehead atoms. The first-order valence-electron chi connectivity index (χ1n) is 9.13. The zero-order valence-electron chi connectivity index (χ0n) is 15.2. The summed E-state index contributed by atoms with van der Waals surface area (Å²) in [5.41, 5.74) is 7.48. The molecule has 0 saturated heterocycles. The van der Waals surface area contributed by atoms with Gasteiger partial charge in [0, 0.05) is 0 Å². The predicted octanol–water partition coefficient (Wildman–Crippen LogP) is 6.34. The molecule has 1 aromatic rings. The average molecular weight is 320 g/mol. The van der Waals surface area contributed by atoms with Crippen LogP contribution in [0.25, 0.3) is 11.6 Å². The zero-order valence-corrected chi connectivity index (χ0v) is 15.2. The van der Waals surface area contributed by atoms with Gasteiger partial charge < -0.3 is 4.74 Å². The molecule has 24 heavy (non-hydrogen) atoms. The third-order valence-corrected chi connectivity index (χ3v) is 4.78. The Morgan fingerprint density at radius 3 is 2.62 bits per heavy atom. The molecule has 0 radical (unpaired) electrons. The van der Waals surface area contributed by atoms with Crippen LogP contribution in [0.1, 0.15) is 57.6 Å². The minimum atomic E-state index is -0.318. The van der Waals surface area contributed by atoms with Gasteiger partial charge in [0.1, 0.15) is 5.60 Å². The molecule has 1 unspecified atom stereocenters. The van der Waals surface area contributed by atoms with E-state index < -0.39 is 0 Å². The highest BCUT2D eigenvalue weighted by atomic mass is 16.5. The lowest BCUT2D eigenvalue weighted by atomic mass is 9.78. The molecule has 1 nitrogen and oxygen atoms in total. The van der Waals surface area contributed by atoms with Gasteiger partial charge in [-0.15, -0.1) is 0 Å². The second-order valence-electron chi connectivity index (χ2n) is 7.06. The van der Waals surface area contributed by atoms with E-state index >= 15 is 0 Å². The lowest BCUT2D eigenvalue weighted by Gasteiger charge is -2.37. The fourth-order valence-corrected chi connectivity index (χ4v) is 3.81. The van der Waals surface area contributed by atoms with Crippen molar-refractivity contribution >= 4 is 11.6 Å². The molecule has 126 valence electrons. The molecule has 0 N–H and O–H groups in total. The van der Waals surface area contributed by atoms with Gasteiger partial charge >= 0.3 is 0 Å². The van der Waals surface area contributed by atoms with E-state index in [0.717, 1.165) is 31.3 Å². The predicted molar refractivity (Wildman–Crippen MR) is 104 cm³/mol. The van der Waals surface area contributed by atoms with E-state index in [2.05, 4.69) is 62.9 Å². The monoisotopic (exact) mass is 320 g/mol. The SMILES string of the molecule is C=C(C)COC1(CCC)C=C(CCC)C=C2C1=Cc1ccccc12. The molecule has 0 amide bonds. The van der Waals surface area contributed by atoms with Crippen molar-refractivity contribution in [1.82, 2.24) is 0 Å². The normalized spacial score (nSPS) is 21.5. The van der Waals surface area contributed by atoms with Crippen LogP contribution in [0, 0.1) is 0 Å². The van der Waals surface area contributed by atoms with Crippen LogP contribution in [0.5, 0.6) is 0 Å². The first-order valence-corrected chi connectivity index (χ1v) is 9.13. The van der Waals surface area contributed by atoms with E-state index in [1.165, 1.54) is 27.8 Å². The van der Waals surface area contributed by atoms with Gasteiger partial charge in [-0.2, -0.15) is 0 Å². The lowest BCUT2D eigenvalue weighted by Crippen LogP contribution is -2.35. The van der Waals surface area contributed by atoms with Crippen LogP contribution in [0.4, 0.5) is 0 Å². The van der Waals surface area contributed by atoms with Gasteiger partial charge in [-0.3, -0.25) is 0 Å². The van der Waals surface area contributed by atoms with E-state index in [4.69, 9.17) is 4.74 Å². The van der Waals surface area contributed by atoms with Crippen molar-refractivity contribution in [3.05, 3.63) is 70.8 Å². The fraction of sp³-hybridized carbons (Fsp3) is 0.391. The van der Waals surface area contributed by atoms with E-state index in [-0.39, 0.29) is 5.60 Å². The molecule has 1 aromatic carbocycles. The van der Waals surface area contributed by atoms with Crippen molar-refractivity contribution < 1.29 is 4.74 Å². The maximum atomic E-state index is 6.51. The van der Waals surface area contributed by atoms with Gasteiger partial charge in [-0.1, -0.05) is 69.2 Å². The molecule has 0 aliphatic heterocycles. The Balaban J connectivity index is 2.10. The maximum Gasteiger partial charge on any atom is 0.113 e. The Labute approximate surface area is 146 Å². The summed E-state index contributed by atoms with van der Waals surface area (Å²) >= 11 is 0. The molecule has 0 fully saturated rings. The smallest absolute Gasteiger partial charge is 0.113 e. The summed E-state index contributed by atoms with van der Waals surface area (Å²) in [5.74, 6) is 0. The van der Waals surface area contributed by atoms with E-state index in [0.29, 0.717) is 6.61 Å². The summed E-state index contributed by atoms with van der Waals surface area (Å²) in [4.78, 5) is 0. The number of hydrogen-bond donors (Lipinski definition) is 0. The summed E-state index contributed by atoms with van der Waals surface area (Å²) in [6.07, 6.45) is 11.4. The van der Waals surface area contributed by atoms with Crippen LogP contribution >= 0.6 is 0 Å². The quantitative estimate of drug-likeness (QED) is 0.533. The molecule has 0 saturated carbocycles. The molecule has 1 heteroatoms. The fourth-order valence-electron chi connectivity index (χ4n) is 3.81. The summed E-state index contributed by atoms with van der Waals surface area (Å²) in [6.45, 7) is 11.2. The highest BCUT2D eigenvalue weighted by Gasteiger charge is 2.40. The second kappa shape index (κ2) is 6.94. The van der Waals surface area contributed by atoms with Crippen molar-refractivity contribution in [3.8, 4) is 0 Å². The Bertz CT molecular complexity index is 732. The zero-order chi connectivity index (χ0) is 17.2. The second-order valence-corrected chi connectivity index (χ2v) is 7.06. The van der Waals surface area contributed by atoms with Crippen LogP contribution in [0.15, 0.2) is 59.7 Å². The van der Waals surface area contributed by atoms with Crippen LogP contribution < -0.4 is 0 Å². The summed E-state index contributed by atoms with van der Waals surface area (Å²) < 4.78 is 6.51. The number of hydrogen-bond acceptors (Lipinski definition) is 1. The number of allylic oxidation sites excluding steroid dienone is 2. The van der Waals surface area contributed by atoms with Crippen LogP contribution in [-0.4, -0.2) is 12.2 Å². The lowest BCUT2D eigenvalue weighted by molar-refractivity contribution is 0.0300. The molecule has 1 atom stereocenters. The van der Waals surface area contributed by atoms with Crippen molar-refractivity contribution in [2.24, 2.45) is 0 Å². The highest BCUT2D eigenvalue weighted by Crippen LogP contribution is 2.49. The average Bonchev–Trinajstić information content (AvgIpc) is 2.93. The topological polar surface area (TPSA) is 9.23 Å². The molecule has 0 spiro atoms. The molecule has 2 aliphatic carbocycles. The third-order valence-electron chi connectivity index (χ3n) is 4.78. The van der Waals surface area contributed by atoms with Gasteiger partial charge in [0.15, 0.2) is 0 Å². The van der Waals surface area contributed by atoms with E-state index in [1.807, 2.05) is 6.92 Å². The van der Waals surface area contributed by atoms with Crippen molar-refractivity contribution in [3.63, 3.8) is 0 Å². The molecule has 2 aliphatic rings. The van der Waals surface area contributed by atoms with Crippen molar-refractivity contribution in [2.75, 3.05) is 6.61 Å². The van der Waals surface area contributed by atoms with E-state index in [1.54, 1.807) is 0 Å². The van der Waals surface area contributed by atoms with Gasteiger partial charge in [0.25, 0.3) is 0 Å². The maximum absolute atomic E-state index is 6.51. The first kappa shape index (κ1) is 17.0. The summed E-state index contributed by atoms with van der Waals surface area (Å²) in [5, 5.41) is 0. The highest BCUT2D eigenvalue weighted by molar-refractivity contribution is 5.98. The minimum absolute atomic E-state index is 0.318. The van der Waals surface area contributed by atoms with Crippen molar-refractivity contribution in [2.45, 2.75) is 52.1 Å². The summed E-state index contributed by atoms with van der Waals surface area (Å²) in [6, 6.07) is 8.68. The van der Waals surface area contributed by atoms with Crippen LogP contribution in [-0.2, 0) is 4.74 Å². The summed E-state index contributed by atoms with van der Waals surface area (Å²) in [7, 11) is 0. The largest absolute Gasteiger partial charge is 0.362 e. The Hall–Kier alpha value is -1.86. The Kier molecular flexibility index (Phi) is 4.91. The minimum Gasteiger partial charge on any atom is -0.362 e. The number of benzene rings is 1. The van der Waals surface area contributed by atoms with Gasteiger partial charge in [-0.05, 0) is 59.8 Å². The standard InChI is InChI=1S/C23H28O/c1-5-9-18-13-21-20-11-8-7-10-19(20)14-22(21)23(15-18,12-6-2)24-16-17(3)4/h7-8,10-11,13-15H,3,5-6,9,12,16H2,1-2,4H3. The molecular weight excluding hydrogens is 292 g/mol. The first-order chi connectivity index (χ1) is 11.6.